The van der Waals surface area contributed by atoms with Crippen molar-refractivity contribution < 1.29 is 9.53 Å². The van der Waals surface area contributed by atoms with E-state index in [-0.39, 0.29) is 5.97 Å². The number of nitrogens with one attached hydrogen (secondary N) is 1. The quantitative estimate of drug-likeness (QED) is 0.587. The van der Waals surface area contributed by atoms with Gasteiger partial charge >= 0.3 is 5.97 Å². The number of hydrogen-bond donors (Lipinski definition) is 1. The Morgan fingerprint density at radius 2 is 2.29 bits per heavy atom. The van der Waals surface area contributed by atoms with Crippen LogP contribution in [0.4, 0.5) is 0 Å². The van der Waals surface area contributed by atoms with Crippen LogP contribution in [0.2, 0.25) is 0 Å². The molecule has 1 fully saturated rings. The van der Waals surface area contributed by atoms with Gasteiger partial charge in [-0.1, -0.05) is 13.8 Å². The monoisotopic (exact) mass is 259 g/mol. The summed E-state index contributed by atoms with van der Waals surface area (Å²) in [5.41, 5.74) is 0.446. The first-order valence-electron chi connectivity index (χ1n) is 6.50. The standard InChI is InChI=1S/C13H25NO2S/c1-4-16-12(15)6-5-7-14-11-8-13(2,3)10-17-9-11/h11,14H,4-10H2,1-3H3. The summed E-state index contributed by atoms with van der Waals surface area (Å²) >= 11 is 2.03. The minimum atomic E-state index is -0.0763. The van der Waals surface area contributed by atoms with E-state index in [9.17, 15) is 4.79 Å². The Morgan fingerprint density at radius 1 is 1.53 bits per heavy atom. The van der Waals surface area contributed by atoms with Gasteiger partial charge in [-0.25, -0.2) is 0 Å². The molecule has 0 amide bonds. The van der Waals surface area contributed by atoms with E-state index in [2.05, 4.69) is 19.2 Å². The molecule has 4 heteroatoms. The number of rotatable bonds is 6. The minimum Gasteiger partial charge on any atom is -0.466 e. The molecule has 1 atom stereocenters. The van der Waals surface area contributed by atoms with Crippen LogP contribution in [0.15, 0.2) is 0 Å². The number of thioether (sulfide) groups is 1. The fourth-order valence-corrected chi connectivity index (χ4v) is 3.47. The Morgan fingerprint density at radius 3 is 2.94 bits per heavy atom. The Balaban J connectivity index is 2.08. The molecule has 1 aliphatic heterocycles. The number of carbonyl (C=O) groups is 1. The van der Waals surface area contributed by atoms with Crippen LogP contribution in [0.3, 0.4) is 0 Å². The van der Waals surface area contributed by atoms with Crippen molar-refractivity contribution in [2.75, 3.05) is 24.7 Å². The maximum atomic E-state index is 11.1. The third kappa shape index (κ3) is 6.32. The molecule has 1 saturated heterocycles. The van der Waals surface area contributed by atoms with E-state index in [0.717, 1.165) is 13.0 Å². The molecule has 100 valence electrons. The third-order valence-electron chi connectivity index (χ3n) is 2.91. The molecular formula is C13H25NO2S. The van der Waals surface area contributed by atoms with Gasteiger partial charge < -0.3 is 10.1 Å². The molecule has 0 radical (unpaired) electrons. The Labute approximate surface area is 109 Å². The van der Waals surface area contributed by atoms with Crippen LogP contribution < -0.4 is 5.32 Å². The van der Waals surface area contributed by atoms with E-state index in [1.165, 1.54) is 17.9 Å². The topological polar surface area (TPSA) is 38.3 Å². The molecule has 0 aliphatic carbocycles. The van der Waals surface area contributed by atoms with Gasteiger partial charge in [-0.2, -0.15) is 11.8 Å². The van der Waals surface area contributed by atoms with Crippen molar-refractivity contribution in [1.29, 1.82) is 0 Å². The lowest BCUT2D eigenvalue weighted by atomic mass is 9.88. The van der Waals surface area contributed by atoms with Gasteiger partial charge in [0.2, 0.25) is 0 Å². The van der Waals surface area contributed by atoms with Crippen molar-refractivity contribution in [1.82, 2.24) is 5.32 Å². The average molecular weight is 259 g/mol. The predicted molar refractivity (Wildman–Crippen MR) is 73.4 cm³/mol. The zero-order chi connectivity index (χ0) is 12.7. The van der Waals surface area contributed by atoms with Crippen molar-refractivity contribution in [2.24, 2.45) is 5.41 Å². The molecule has 0 saturated carbocycles. The van der Waals surface area contributed by atoms with E-state index in [4.69, 9.17) is 4.74 Å². The average Bonchev–Trinajstić information content (AvgIpc) is 2.23. The first-order chi connectivity index (χ1) is 8.03. The van der Waals surface area contributed by atoms with Crippen LogP contribution in [0.1, 0.15) is 40.0 Å². The van der Waals surface area contributed by atoms with Gasteiger partial charge in [-0.3, -0.25) is 4.79 Å². The molecule has 1 rings (SSSR count). The van der Waals surface area contributed by atoms with Gasteiger partial charge in [0.25, 0.3) is 0 Å². The lowest BCUT2D eigenvalue weighted by molar-refractivity contribution is -0.143. The maximum Gasteiger partial charge on any atom is 0.305 e. The smallest absolute Gasteiger partial charge is 0.305 e. The Hall–Kier alpha value is -0.220. The normalized spacial score (nSPS) is 23.4. The molecule has 1 aliphatic rings. The van der Waals surface area contributed by atoms with Crippen LogP contribution in [0.5, 0.6) is 0 Å². The molecule has 1 N–H and O–H groups in total. The van der Waals surface area contributed by atoms with Crippen molar-refractivity contribution in [3.05, 3.63) is 0 Å². The summed E-state index contributed by atoms with van der Waals surface area (Å²) < 4.78 is 4.90. The van der Waals surface area contributed by atoms with Crippen molar-refractivity contribution >= 4 is 17.7 Å². The van der Waals surface area contributed by atoms with Crippen LogP contribution >= 0.6 is 11.8 Å². The van der Waals surface area contributed by atoms with Gasteiger partial charge in [-0.05, 0) is 37.5 Å². The molecule has 1 heterocycles. The van der Waals surface area contributed by atoms with Crippen molar-refractivity contribution in [2.45, 2.75) is 46.1 Å². The highest BCUT2D eigenvalue weighted by Gasteiger charge is 2.27. The largest absolute Gasteiger partial charge is 0.466 e. The second kappa shape index (κ2) is 7.27. The second-order valence-electron chi connectivity index (χ2n) is 5.44. The highest BCUT2D eigenvalue weighted by molar-refractivity contribution is 7.99. The molecule has 0 spiro atoms. The summed E-state index contributed by atoms with van der Waals surface area (Å²) in [4.78, 5) is 11.1. The molecule has 3 nitrogen and oxygen atoms in total. The summed E-state index contributed by atoms with van der Waals surface area (Å²) in [5.74, 6) is 2.38. The van der Waals surface area contributed by atoms with E-state index >= 15 is 0 Å². The van der Waals surface area contributed by atoms with Gasteiger partial charge in [0.1, 0.15) is 0 Å². The summed E-state index contributed by atoms with van der Waals surface area (Å²) in [6.45, 7) is 7.90. The molecule has 0 bridgehead atoms. The SMILES string of the molecule is CCOC(=O)CCCNC1CSCC(C)(C)C1. The fraction of sp³-hybridized carbons (Fsp3) is 0.923. The Bertz CT molecular complexity index is 244. The molecule has 17 heavy (non-hydrogen) atoms. The minimum absolute atomic E-state index is 0.0763. The van der Waals surface area contributed by atoms with Crippen LogP contribution in [-0.4, -0.2) is 36.7 Å². The lowest BCUT2D eigenvalue weighted by Crippen LogP contribution is -2.40. The lowest BCUT2D eigenvalue weighted by Gasteiger charge is -2.35. The van der Waals surface area contributed by atoms with E-state index in [1.807, 2.05) is 18.7 Å². The number of esters is 1. The van der Waals surface area contributed by atoms with Gasteiger partial charge in [0, 0.05) is 18.2 Å². The predicted octanol–water partition coefficient (Wildman–Crippen LogP) is 2.45. The summed E-state index contributed by atoms with van der Waals surface area (Å²) in [5, 5.41) is 3.55. The van der Waals surface area contributed by atoms with Crippen LogP contribution in [0.25, 0.3) is 0 Å². The summed E-state index contributed by atoms with van der Waals surface area (Å²) in [7, 11) is 0. The molecule has 0 aromatic heterocycles. The highest BCUT2D eigenvalue weighted by Crippen LogP contribution is 2.33. The van der Waals surface area contributed by atoms with Crippen molar-refractivity contribution in [3.63, 3.8) is 0 Å². The number of ether oxygens (including phenoxy) is 1. The van der Waals surface area contributed by atoms with Gasteiger partial charge in [0.05, 0.1) is 6.61 Å². The first-order valence-corrected chi connectivity index (χ1v) is 7.66. The van der Waals surface area contributed by atoms with Crippen LogP contribution in [0, 0.1) is 5.41 Å². The number of hydrogen-bond acceptors (Lipinski definition) is 4. The van der Waals surface area contributed by atoms with E-state index in [1.54, 1.807) is 0 Å². The summed E-state index contributed by atoms with van der Waals surface area (Å²) in [6.07, 6.45) is 2.64. The van der Waals surface area contributed by atoms with E-state index < -0.39 is 0 Å². The van der Waals surface area contributed by atoms with Crippen molar-refractivity contribution in [3.8, 4) is 0 Å². The molecule has 1 unspecified atom stereocenters. The zero-order valence-corrected chi connectivity index (χ0v) is 12.1. The van der Waals surface area contributed by atoms with Gasteiger partial charge in [0.15, 0.2) is 0 Å². The fourth-order valence-electron chi connectivity index (χ4n) is 2.17. The molecule has 0 aromatic rings. The number of carbonyl (C=O) groups excluding carboxylic acids is 1. The molecule has 0 aromatic carbocycles. The summed E-state index contributed by atoms with van der Waals surface area (Å²) in [6, 6.07) is 0.603. The second-order valence-corrected chi connectivity index (χ2v) is 6.47. The van der Waals surface area contributed by atoms with E-state index in [0.29, 0.717) is 24.5 Å². The molecular weight excluding hydrogens is 234 g/mol. The maximum absolute atomic E-state index is 11.1. The van der Waals surface area contributed by atoms with Gasteiger partial charge in [-0.15, -0.1) is 0 Å². The zero-order valence-electron chi connectivity index (χ0n) is 11.3. The highest BCUT2D eigenvalue weighted by atomic mass is 32.2. The third-order valence-corrected chi connectivity index (χ3v) is 4.53. The first kappa shape index (κ1) is 14.8. The Kier molecular flexibility index (Phi) is 6.34. The van der Waals surface area contributed by atoms with Crippen LogP contribution in [-0.2, 0) is 9.53 Å².